The molecule has 1 aromatic rings. The first-order chi connectivity index (χ1) is 9.00. The predicted molar refractivity (Wildman–Crippen MR) is 80.2 cm³/mol. The second kappa shape index (κ2) is 6.06. The number of nitrogens with two attached hydrogens (primary N) is 1. The summed E-state index contributed by atoms with van der Waals surface area (Å²) in [5, 5.41) is 0.386. The fourth-order valence-corrected chi connectivity index (χ4v) is 3.06. The van der Waals surface area contributed by atoms with Gasteiger partial charge in [0.1, 0.15) is 0 Å². The van der Waals surface area contributed by atoms with E-state index in [0.29, 0.717) is 11.8 Å². The molecule has 0 saturated carbocycles. The maximum Gasteiger partial charge on any atom is 0.162 e. The van der Waals surface area contributed by atoms with Crippen molar-refractivity contribution in [2.24, 2.45) is 11.1 Å². The number of hydrogen-bond donors (Lipinski definition) is 1. The van der Waals surface area contributed by atoms with Gasteiger partial charge in [0.2, 0.25) is 0 Å². The summed E-state index contributed by atoms with van der Waals surface area (Å²) in [6.45, 7) is 8.79. The minimum absolute atomic E-state index is 0.184. The zero-order valence-corrected chi connectivity index (χ0v) is 12.8. The summed E-state index contributed by atoms with van der Waals surface area (Å²) in [6.07, 6.45) is 0.935. The Labute approximate surface area is 119 Å². The van der Waals surface area contributed by atoms with Crippen LogP contribution in [0.2, 0.25) is 0 Å². The van der Waals surface area contributed by atoms with E-state index in [1.54, 1.807) is 0 Å². The highest BCUT2D eigenvalue weighted by Crippen LogP contribution is 2.39. The fourth-order valence-electron chi connectivity index (χ4n) is 1.96. The van der Waals surface area contributed by atoms with Crippen molar-refractivity contribution in [2.45, 2.75) is 37.3 Å². The lowest BCUT2D eigenvalue weighted by molar-refractivity contribution is 0.297. The van der Waals surface area contributed by atoms with Crippen molar-refractivity contribution in [3.63, 3.8) is 0 Å². The van der Waals surface area contributed by atoms with Gasteiger partial charge in [0.05, 0.1) is 13.2 Å². The predicted octanol–water partition coefficient (Wildman–Crippen LogP) is 3.31. The molecule has 0 saturated heterocycles. The Hall–Kier alpha value is -0.870. The quantitative estimate of drug-likeness (QED) is 0.863. The van der Waals surface area contributed by atoms with Crippen LogP contribution in [0.25, 0.3) is 0 Å². The lowest BCUT2D eigenvalue weighted by Crippen LogP contribution is -2.30. The third-order valence-corrected chi connectivity index (χ3v) is 4.89. The van der Waals surface area contributed by atoms with Gasteiger partial charge in [0.25, 0.3) is 0 Å². The third-order valence-electron chi connectivity index (χ3n) is 3.18. The van der Waals surface area contributed by atoms with Gasteiger partial charge in [0, 0.05) is 23.1 Å². The standard InChI is InChI=1S/C15H23NO2S/c1-15(2,3)14(10-16)19-11-5-6-12-13(9-11)18-8-4-7-17-12/h5-6,9,14H,4,7-8,10,16H2,1-3H3. The van der Waals surface area contributed by atoms with Crippen LogP contribution >= 0.6 is 11.8 Å². The molecular formula is C15H23NO2S. The maximum atomic E-state index is 5.89. The van der Waals surface area contributed by atoms with E-state index in [4.69, 9.17) is 15.2 Å². The molecule has 1 aliphatic rings. The molecule has 0 amide bonds. The molecule has 0 aromatic heterocycles. The molecule has 0 radical (unpaired) electrons. The van der Waals surface area contributed by atoms with E-state index in [2.05, 4.69) is 32.9 Å². The van der Waals surface area contributed by atoms with Gasteiger partial charge in [-0.05, 0) is 23.6 Å². The molecule has 2 N–H and O–H groups in total. The van der Waals surface area contributed by atoms with Crippen molar-refractivity contribution in [2.75, 3.05) is 19.8 Å². The van der Waals surface area contributed by atoms with E-state index in [1.807, 2.05) is 17.8 Å². The number of fused-ring (bicyclic) bond motifs is 1. The average Bonchev–Trinajstić information content (AvgIpc) is 2.59. The van der Waals surface area contributed by atoms with Crippen molar-refractivity contribution in [3.05, 3.63) is 18.2 Å². The molecule has 0 fully saturated rings. The topological polar surface area (TPSA) is 44.5 Å². The molecule has 3 nitrogen and oxygen atoms in total. The Kier molecular flexibility index (Phi) is 4.63. The molecule has 1 unspecified atom stereocenters. The van der Waals surface area contributed by atoms with Crippen molar-refractivity contribution < 1.29 is 9.47 Å². The summed E-state index contributed by atoms with van der Waals surface area (Å²) < 4.78 is 11.4. The van der Waals surface area contributed by atoms with Gasteiger partial charge in [-0.2, -0.15) is 0 Å². The van der Waals surface area contributed by atoms with Gasteiger partial charge in [-0.15, -0.1) is 11.8 Å². The minimum atomic E-state index is 0.184. The lowest BCUT2D eigenvalue weighted by Gasteiger charge is -2.29. The molecular weight excluding hydrogens is 258 g/mol. The number of ether oxygens (including phenoxy) is 2. The normalized spacial score (nSPS) is 16.8. The first-order valence-corrected chi connectivity index (χ1v) is 7.65. The number of benzene rings is 1. The molecule has 1 atom stereocenters. The summed E-state index contributed by atoms with van der Waals surface area (Å²) in [4.78, 5) is 1.19. The molecule has 4 heteroatoms. The van der Waals surface area contributed by atoms with E-state index < -0.39 is 0 Å². The van der Waals surface area contributed by atoms with Gasteiger partial charge >= 0.3 is 0 Å². The molecule has 1 aromatic carbocycles. The molecule has 0 spiro atoms. The van der Waals surface area contributed by atoms with Crippen molar-refractivity contribution in [3.8, 4) is 11.5 Å². The Morgan fingerprint density at radius 3 is 2.53 bits per heavy atom. The highest BCUT2D eigenvalue weighted by atomic mass is 32.2. The molecule has 2 rings (SSSR count). The van der Waals surface area contributed by atoms with Gasteiger partial charge in [0.15, 0.2) is 11.5 Å². The highest BCUT2D eigenvalue weighted by Gasteiger charge is 2.24. The monoisotopic (exact) mass is 281 g/mol. The van der Waals surface area contributed by atoms with Crippen LogP contribution in [0.1, 0.15) is 27.2 Å². The van der Waals surface area contributed by atoms with Crippen LogP contribution in [0.15, 0.2) is 23.1 Å². The van der Waals surface area contributed by atoms with E-state index in [9.17, 15) is 0 Å². The second-order valence-electron chi connectivity index (χ2n) is 5.87. The van der Waals surface area contributed by atoms with Crippen LogP contribution in [0.4, 0.5) is 0 Å². The van der Waals surface area contributed by atoms with Gasteiger partial charge < -0.3 is 15.2 Å². The highest BCUT2D eigenvalue weighted by molar-refractivity contribution is 8.00. The van der Waals surface area contributed by atoms with Crippen molar-refractivity contribution in [1.82, 2.24) is 0 Å². The fraction of sp³-hybridized carbons (Fsp3) is 0.600. The van der Waals surface area contributed by atoms with Gasteiger partial charge in [-0.25, -0.2) is 0 Å². The molecule has 106 valence electrons. The second-order valence-corrected chi connectivity index (χ2v) is 7.14. The third kappa shape index (κ3) is 3.80. The maximum absolute atomic E-state index is 5.89. The smallest absolute Gasteiger partial charge is 0.162 e. The van der Waals surface area contributed by atoms with E-state index in [-0.39, 0.29) is 5.41 Å². The number of thioether (sulfide) groups is 1. The Morgan fingerprint density at radius 2 is 1.89 bits per heavy atom. The summed E-state index contributed by atoms with van der Waals surface area (Å²) >= 11 is 1.81. The summed E-state index contributed by atoms with van der Waals surface area (Å²) in [7, 11) is 0. The first-order valence-electron chi connectivity index (χ1n) is 6.77. The van der Waals surface area contributed by atoms with E-state index in [1.165, 1.54) is 4.90 Å². The van der Waals surface area contributed by atoms with Crippen LogP contribution in [-0.4, -0.2) is 25.0 Å². The molecule has 19 heavy (non-hydrogen) atoms. The Morgan fingerprint density at radius 1 is 1.21 bits per heavy atom. The number of hydrogen-bond acceptors (Lipinski definition) is 4. The molecule has 0 bridgehead atoms. The first kappa shape index (κ1) is 14.5. The summed E-state index contributed by atoms with van der Waals surface area (Å²) in [5.74, 6) is 1.70. The van der Waals surface area contributed by atoms with Crippen LogP contribution in [-0.2, 0) is 0 Å². The minimum Gasteiger partial charge on any atom is -0.490 e. The van der Waals surface area contributed by atoms with Crippen molar-refractivity contribution in [1.29, 1.82) is 0 Å². The van der Waals surface area contributed by atoms with Crippen LogP contribution < -0.4 is 15.2 Å². The molecule has 1 heterocycles. The van der Waals surface area contributed by atoms with Gasteiger partial charge in [-0.1, -0.05) is 20.8 Å². The molecule has 1 aliphatic heterocycles. The van der Waals surface area contributed by atoms with Crippen LogP contribution in [0.3, 0.4) is 0 Å². The number of rotatable bonds is 3. The zero-order chi connectivity index (χ0) is 13.9. The average molecular weight is 281 g/mol. The van der Waals surface area contributed by atoms with Gasteiger partial charge in [-0.3, -0.25) is 0 Å². The largest absolute Gasteiger partial charge is 0.490 e. The summed E-state index contributed by atoms with van der Waals surface area (Å²) in [5.41, 5.74) is 6.08. The Balaban J connectivity index is 2.15. The van der Waals surface area contributed by atoms with Crippen LogP contribution in [0, 0.1) is 5.41 Å². The van der Waals surface area contributed by atoms with Crippen molar-refractivity contribution >= 4 is 11.8 Å². The SMILES string of the molecule is CC(C)(C)C(CN)Sc1ccc2c(c1)OCCCO2. The van der Waals surface area contributed by atoms with Crippen LogP contribution in [0.5, 0.6) is 11.5 Å². The molecule has 0 aliphatic carbocycles. The summed E-state index contributed by atoms with van der Waals surface area (Å²) in [6, 6.07) is 6.16. The lowest BCUT2D eigenvalue weighted by atomic mass is 9.92. The Bertz CT molecular complexity index is 429. The zero-order valence-electron chi connectivity index (χ0n) is 11.9. The van der Waals surface area contributed by atoms with E-state index in [0.717, 1.165) is 31.1 Å². The van der Waals surface area contributed by atoms with E-state index >= 15 is 0 Å².